The first-order valence-electron chi connectivity index (χ1n) is 14.6. The molecule has 3 fully saturated rings. The molecule has 1 aromatic carbocycles. The molecule has 3 N–H and O–H groups in total. The fraction of sp³-hybridized carbons (Fsp3) is 0.500. The highest BCUT2D eigenvalue weighted by molar-refractivity contribution is 6.05. The fourth-order valence-electron chi connectivity index (χ4n) is 6.60. The molecule has 0 radical (unpaired) electrons. The number of hydrogen-bond donors (Lipinski definition) is 3. The lowest BCUT2D eigenvalue weighted by Crippen LogP contribution is -2.52. The Bertz CT molecular complexity index is 1600. The molecular weight excluding hydrogens is 541 g/mol. The monoisotopic (exact) mass is 575 g/mol. The van der Waals surface area contributed by atoms with Gasteiger partial charge in [0.05, 0.1) is 31.0 Å². The molecule has 11 nitrogen and oxygen atoms in total. The van der Waals surface area contributed by atoms with Crippen molar-refractivity contribution in [3.63, 3.8) is 0 Å². The number of rotatable bonds is 6. The Hall–Kier alpha value is -3.90. The van der Waals surface area contributed by atoms with Crippen molar-refractivity contribution < 1.29 is 23.5 Å². The van der Waals surface area contributed by atoms with Gasteiger partial charge in [-0.05, 0) is 70.0 Å². The van der Waals surface area contributed by atoms with Crippen LogP contribution in [0.3, 0.4) is 0 Å². The van der Waals surface area contributed by atoms with E-state index in [0.717, 1.165) is 50.2 Å². The highest BCUT2D eigenvalue weighted by Crippen LogP contribution is 2.40. The molecule has 3 saturated heterocycles. The predicted molar refractivity (Wildman–Crippen MR) is 152 cm³/mol. The summed E-state index contributed by atoms with van der Waals surface area (Å²) in [6.07, 6.45) is 2.54. The van der Waals surface area contributed by atoms with Crippen molar-refractivity contribution in [3.05, 3.63) is 40.7 Å². The molecule has 0 aliphatic carbocycles. The number of fused-ring (bicyclic) bond motifs is 2. The van der Waals surface area contributed by atoms with E-state index in [1.165, 1.54) is 4.90 Å². The van der Waals surface area contributed by atoms with E-state index in [1.807, 2.05) is 19.9 Å². The number of nitrogens with zero attached hydrogens (tertiary/aromatic N) is 4. The second-order valence-corrected chi connectivity index (χ2v) is 12.4. The van der Waals surface area contributed by atoms with Gasteiger partial charge in [-0.2, -0.15) is 5.10 Å². The summed E-state index contributed by atoms with van der Waals surface area (Å²) in [6.45, 7) is 8.26. The van der Waals surface area contributed by atoms with E-state index in [0.29, 0.717) is 29.0 Å². The summed E-state index contributed by atoms with van der Waals surface area (Å²) in [6, 6.07) is 4.43. The number of imide groups is 1. The Morgan fingerprint density at radius 2 is 1.93 bits per heavy atom. The predicted octanol–water partition coefficient (Wildman–Crippen LogP) is 2.96. The number of H-pyrrole nitrogens is 1. The molecule has 2 aromatic heterocycles. The van der Waals surface area contributed by atoms with Gasteiger partial charge in [0.15, 0.2) is 5.82 Å². The van der Waals surface area contributed by atoms with E-state index in [2.05, 4.69) is 25.7 Å². The topological polar surface area (TPSA) is 133 Å². The molecule has 6 heterocycles. The number of piperidine rings is 2. The van der Waals surface area contributed by atoms with Crippen LogP contribution in [-0.4, -0.2) is 81.1 Å². The average molecular weight is 576 g/mol. The molecule has 4 aliphatic heterocycles. The number of anilines is 1. The standard InChI is InChI=1S/C30H34FN7O4/c1-16(2)32-27-26-25(35-36-27)17(12-37-9-7-30(8-10-37)14-42-15-30)11-21(33-26)19-4-3-18-20(24(19)31)13-38(29(18)41)22-5-6-23(39)34-28(22)40/h3-4,11,16,22H,5-10,12-15H2,1-2H3,(H2,32,35,36)(H,34,39,40). The maximum Gasteiger partial charge on any atom is 0.255 e. The molecule has 7 rings (SSSR count). The van der Waals surface area contributed by atoms with Crippen LogP contribution in [-0.2, 0) is 27.4 Å². The highest BCUT2D eigenvalue weighted by atomic mass is 19.1. The second-order valence-electron chi connectivity index (χ2n) is 12.4. The summed E-state index contributed by atoms with van der Waals surface area (Å²) in [7, 11) is 0. The minimum atomic E-state index is -0.808. The lowest BCUT2D eigenvalue weighted by atomic mass is 9.77. The van der Waals surface area contributed by atoms with Gasteiger partial charge in [-0.15, -0.1) is 0 Å². The van der Waals surface area contributed by atoms with Crippen molar-refractivity contribution >= 4 is 34.6 Å². The van der Waals surface area contributed by atoms with Crippen molar-refractivity contribution in [2.45, 2.75) is 64.7 Å². The number of likely N-dealkylation sites (tertiary alicyclic amines) is 1. The first-order valence-corrected chi connectivity index (χ1v) is 14.6. The number of benzene rings is 1. The van der Waals surface area contributed by atoms with Gasteiger partial charge < -0.3 is 15.0 Å². The Kier molecular flexibility index (Phi) is 6.50. The third-order valence-electron chi connectivity index (χ3n) is 9.08. The summed E-state index contributed by atoms with van der Waals surface area (Å²) in [5.41, 5.74) is 3.96. The molecule has 1 spiro atoms. The van der Waals surface area contributed by atoms with E-state index >= 15 is 4.39 Å². The van der Waals surface area contributed by atoms with Crippen molar-refractivity contribution in [3.8, 4) is 11.3 Å². The number of amides is 3. The molecule has 1 unspecified atom stereocenters. The summed E-state index contributed by atoms with van der Waals surface area (Å²) in [4.78, 5) is 45.9. The van der Waals surface area contributed by atoms with E-state index in [1.54, 1.807) is 12.1 Å². The molecule has 220 valence electrons. The third-order valence-corrected chi connectivity index (χ3v) is 9.08. The molecule has 12 heteroatoms. The van der Waals surface area contributed by atoms with Crippen LogP contribution >= 0.6 is 0 Å². The fourth-order valence-corrected chi connectivity index (χ4v) is 6.60. The number of aromatic nitrogens is 3. The average Bonchev–Trinajstić information content (AvgIpc) is 3.49. The van der Waals surface area contributed by atoms with Crippen LogP contribution in [0.5, 0.6) is 0 Å². The molecule has 0 bridgehead atoms. The van der Waals surface area contributed by atoms with Gasteiger partial charge in [-0.25, -0.2) is 9.37 Å². The summed E-state index contributed by atoms with van der Waals surface area (Å²) < 4.78 is 21.7. The molecule has 4 aliphatic rings. The highest BCUT2D eigenvalue weighted by Gasteiger charge is 2.42. The van der Waals surface area contributed by atoms with Crippen LogP contribution in [0.2, 0.25) is 0 Å². The van der Waals surface area contributed by atoms with Gasteiger partial charge in [-0.1, -0.05) is 0 Å². The van der Waals surface area contributed by atoms with E-state index in [-0.39, 0.29) is 48.0 Å². The maximum absolute atomic E-state index is 16.3. The largest absolute Gasteiger partial charge is 0.380 e. The zero-order valence-corrected chi connectivity index (χ0v) is 23.8. The van der Waals surface area contributed by atoms with Gasteiger partial charge >= 0.3 is 0 Å². The molecule has 3 amide bonds. The summed E-state index contributed by atoms with van der Waals surface area (Å²) in [5, 5.41) is 13.3. The Balaban J connectivity index is 1.23. The van der Waals surface area contributed by atoms with Crippen molar-refractivity contribution in [1.82, 2.24) is 30.3 Å². The molecule has 1 atom stereocenters. The van der Waals surface area contributed by atoms with Crippen LogP contribution in [0.15, 0.2) is 18.2 Å². The summed E-state index contributed by atoms with van der Waals surface area (Å²) in [5.74, 6) is -1.22. The number of halogens is 1. The Morgan fingerprint density at radius 3 is 2.62 bits per heavy atom. The molecule has 42 heavy (non-hydrogen) atoms. The number of hydrogen-bond acceptors (Lipinski definition) is 8. The van der Waals surface area contributed by atoms with Gasteiger partial charge in [0.1, 0.15) is 17.4 Å². The minimum Gasteiger partial charge on any atom is -0.380 e. The van der Waals surface area contributed by atoms with Gasteiger partial charge in [0.25, 0.3) is 5.91 Å². The Morgan fingerprint density at radius 1 is 1.17 bits per heavy atom. The number of carbonyl (C=O) groups is 3. The quantitative estimate of drug-likeness (QED) is 0.382. The zero-order chi connectivity index (χ0) is 29.2. The number of aromatic amines is 1. The molecule has 0 saturated carbocycles. The molecular formula is C30H34FN7O4. The van der Waals surface area contributed by atoms with E-state index in [4.69, 9.17) is 9.72 Å². The third kappa shape index (κ3) is 4.53. The number of pyridine rings is 1. The number of ether oxygens (including phenoxy) is 1. The second kappa shape index (κ2) is 10.1. The smallest absolute Gasteiger partial charge is 0.255 e. The van der Waals surface area contributed by atoms with E-state index in [9.17, 15) is 14.4 Å². The summed E-state index contributed by atoms with van der Waals surface area (Å²) >= 11 is 0. The van der Waals surface area contributed by atoms with Crippen LogP contribution < -0.4 is 10.6 Å². The van der Waals surface area contributed by atoms with Crippen LogP contribution in [0.1, 0.15) is 61.0 Å². The first-order chi connectivity index (χ1) is 20.2. The zero-order valence-electron chi connectivity index (χ0n) is 23.8. The normalized spacial score (nSPS) is 22.1. The maximum atomic E-state index is 16.3. The lowest BCUT2D eigenvalue weighted by Gasteiger charge is -2.47. The van der Waals surface area contributed by atoms with Crippen LogP contribution in [0.4, 0.5) is 10.2 Å². The van der Waals surface area contributed by atoms with Crippen LogP contribution in [0.25, 0.3) is 22.3 Å². The molecule has 3 aromatic rings. The van der Waals surface area contributed by atoms with Gasteiger partial charge in [0.2, 0.25) is 11.8 Å². The van der Waals surface area contributed by atoms with Crippen molar-refractivity contribution in [2.75, 3.05) is 31.6 Å². The van der Waals surface area contributed by atoms with Gasteiger partial charge in [-0.3, -0.25) is 29.7 Å². The van der Waals surface area contributed by atoms with E-state index < -0.39 is 23.7 Å². The van der Waals surface area contributed by atoms with Crippen molar-refractivity contribution in [1.29, 1.82) is 0 Å². The lowest BCUT2D eigenvalue weighted by molar-refractivity contribution is -0.140. The minimum absolute atomic E-state index is 0.0413. The van der Waals surface area contributed by atoms with Crippen LogP contribution in [0, 0.1) is 11.2 Å². The SMILES string of the molecule is CC(C)Nc1n[nH]c2c(CN3CCC4(CC3)COC4)cc(-c3ccc4c(c3F)CN(C3CCC(=O)NC3=O)C4=O)nc12. The Labute approximate surface area is 242 Å². The van der Waals surface area contributed by atoms with Gasteiger partial charge in [0, 0.05) is 41.1 Å². The number of carbonyl (C=O) groups excluding carboxylic acids is 3. The van der Waals surface area contributed by atoms with Crippen molar-refractivity contribution in [2.24, 2.45) is 5.41 Å². The number of nitrogens with one attached hydrogen (secondary N) is 3. The first kappa shape index (κ1) is 27.0.